The minimum Gasteiger partial charge on any atom is -0.492 e. The maximum atomic E-state index is 6.11. The zero-order valence-corrected chi connectivity index (χ0v) is 11.2. The fraction of sp³-hybridized carbons (Fsp3) is 0.500. The second kappa shape index (κ2) is 6.87. The molecule has 0 atom stereocenters. The van der Waals surface area contributed by atoms with Crippen molar-refractivity contribution < 1.29 is 4.74 Å². The summed E-state index contributed by atoms with van der Waals surface area (Å²) in [6, 6.07) is 5.82. The third-order valence-corrected chi connectivity index (χ3v) is 2.85. The monoisotopic (exact) mass is 261 g/mol. The second-order valence-electron chi connectivity index (χ2n) is 3.51. The van der Waals surface area contributed by atoms with Gasteiger partial charge in [-0.1, -0.05) is 11.6 Å². The first kappa shape index (κ1) is 13.5. The number of rotatable bonds is 6. The Bertz CT molecular complexity index is 331. The number of nitrogens with zero attached hydrogens (tertiary/aromatic N) is 1. The van der Waals surface area contributed by atoms with Gasteiger partial charge in [0.1, 0.15) is 5.75 Å². The number of ether oxygens (including phenoxy) is 1. The summed E-state index contributed by atoms with van der Waals surface area (Å²) in [7, 11) is 2.03. The average molecular weight is 262 g/mol. The lowest BCUT2D eigenvalue weighted by atomic mass is 10.2. The number of benzene rings is 1. The van der Waals surface area contributed by atoms with Gasteiger partial charge in [-0.05, 0) is 31.5 Å². The molecule has 0 spiro atoms. The smallest absolute Gasteiger partial charge is 0.138 e. The Hall–Kier alpha value is -0.600. The zero-order valence-electron chi connectivity index (χ0n) is 9.67. The van der Waals surface area contributed by atoms with E-state index in [4.69, 9.17) is 27.9 Å². The van der Waals surface area contributed by atoms with Crippen LogP contribution in [-0.4, -0.2) is 26.1 Å². The Balaban J connectivity index is 2.71. The molecule has 0 fully saturated rings. The highest BCUT2D eigenvalue weighted by Crippen LogP contribution is 2.29. The van der Waals surface area contributed by atoms with Gasteiger partial charge in [0.05, 0.1) is 11.6 Å². The molecule has 0 N–H and O–H groups in total. The molecule has 0 aliphatic heterocycles. The first-order chi connectivity index (χ1) is 7.69. The molecule has 0 unspecified atom stereocenters. The second-order valence-corrected chi connectivity index (χ2v) is 4.30. The molecule has 0 amide bonds. The fourth-order valence-corrected chi connectivity index (χ4v) is 1.77. The van der Waals surface area contributed by atoms with Crippen molar-refractivity contribution in [3.05, 3.63) is 23.2 Å². The molecule has 0 saturated heterocycles. The maximum Gasteiger partial charge on any atom is 0.138 e. The van der Waals surface area contributed by atoms with E-state index in [1.54, 1.807) is 0 Å². The van der Waals surface area contributed by atoms with E-state index in [1.807, 2.05) is 32.2 Å². The molecule has 0 aliphatic carbocycles. The molecule has 1 aromatic rings. The first-order valence-electron chi connectivity index (χ1n) is 5.38. The van der Waals surface area contributed by atoms with Crippen LogP contribution in [-0.2, 0) is 0 Å². The van der Waals surface area contributed by atoms with E-state index in [9.17, 15) is 0 Å². The normalized spacial score (nSPS) is 10.2. The minimum atomic E-state index is 0.626. The van der Waals surface area contributed by atoms with Crippen LogP contribution in [0, 0.1) is 0 Å². The number of hydrogen-bond acceptors (Lipinski definition) is 2. The molecule has 0 aliphatic rings. The summed E-state index contributed by atoms with van der Waals surface area (Å²) in [5.41, 5.74) is 1.08. The van der Waals surface area contributed by atoms with E-state index in [0.29, 0.717) is 17.5 Å². The molecule has 0 aromatic heterocycles. The summed E-state index contributed by atoms with van der Waals surface area (Å²) in [6.45, 7) is 3.49. The summed E-state index contributed by atoms with van der Waals surface area (Å²) in [5.74, 6) is 1.41. The largest absolute Gasteiger partial charge is 0.492 e. The Labute approximate surface area is 107 Å². The van der Waals surface area contributed by atoms with Crippen LogP contribution in [0.4, 0.5) is 5.69 Å². The Kier molecular flexibility index (Phi) is 5.78. The Morgan fingerprint density at radius 1 is 1.38 bits per heavy atom. The molecule has 0 bridgehead atoms. The quantitative estimate of drug-likeness (QED) is 0.723. The maximum absolute atomic E-state index is 6.11. The number of halogens is 2. The van der Waals surface area contributed by atoms with Crippen molar-refractivity contribution in [2.45, 2.75) is 13.3 Å². The van der Waals surface area contributed by atoms with E-state index in [2.05, 4.69) is 4.90 Å². The Morgan fingerprint density at radius 3 is 2.69 bits per heavy atom. The Morgan fingerprint density at radius 2 is 2.12 bits per heavy atom. The summed E-state index contributed by atoms with van der Waals surface area (Å²) in [4.78, 5) is 2.13. The number of anilines is 1. The van der Waals surface area contributed by atoms with Crippen LogP contribution in [0.1, 0.15) is 13.3 Å². The van der Waals surface area contributed by atoms with Crippen LogP contribution in [0.2, 0.25) is 5.02 Å². The third-order valence-electron chi connectivity index (χ3n) is 2.28. The molecule has 1 rings (SSSR count). The van der Waals surface area contributed by atoms with Crippen molar-refractivity contribution >= 4 is 28.9 Å². The van der Waals surface area contributed by atoms with Gasteiger partial charge in [-0.15, -0.1) is 11.6 Å². The fourth-order valence-electron chi connectivity index (χ4n) is 1.43. The van der Waals surface area contributed by atoms with E-state index < -0.39 is 0 Å². The molecule has 1 aromatic carbocycles. The van der Waals surface area contributed by atoms with Gasteiger partial charge in [-0.25, -0.2) is 0 Å². The van der Waals surface area contributed by atoms with Gasteiger partial charge in [0.2, 0.25) is 0 Å². The number of alkyl halides is 1. The van der Waals surface area contributed by atoms with E-state index in [1.165, 1.54) is 0 Å². The SMILES string of the molecule is CCOc1ccc(N(C)CCCCl)cc1Cl. The first-order valence-corrected chi connectivity index (χ1v) is 6.29. The van der Waals surface area contributed by atoms with Crippen LogP contribution in [0.3, 0.4) is 0 Å². The highest BCUT2D eigenvalue weighted by molar-refractivity contribution is 6.32. The van der Waals surface area contributed by atoms with Crippen LogP contribution in [0.5, 0.6) is 5.75 Å². The molecule has 90 valence electrons. The van der Waals surface area contributed by atoms with E-state index >= 15 is 0 Å². The molecule has 0 saturated carbocycles. The van der Waals surface area contributed by atoms with Crippen LogP contribution < -0.4 is 9.64 Å². The zero-order chi connectivity index (χ0) is 12.0. The van der Waals surface area contributed by atoms with Gasteiger partial charge in [0.25, 0.3) is 0 Å². The lowest BCUT2D eigenvalue weighted by Crippen LogP contribution is -2.18. The molecule has 0 radical (unpaired) electrons. The van der Waals surface area contributed by atoms with Crippen LogP contribution >= 0.6 is 23.2 Å². The summed E-state index contributed by atoms with van der Waals surface area (Å²) in [5, 5.41) is 0.650. The van der Waals surface area contributed by atoms with Gasteiger partial charge in [0, 0.05) is 25.2 Å². The van der Waals surface area contributed by atoms with Gasteiger partial charge in [0.15, 0.2) is 0 Å². The van der Waals surface area contributed by atoms with Crippen molar-refractivity contribution in [3.8, 4) is 5.75 Å². The van der Waals surface area contributed by atoms with E-state index in [0.717, 1.165) is 24.4 Å². The molecule has 16 heavy (non-hydrogen) atoms. The third kappa shape index (κ3) is 3.76. The lowest BCUT2D eigenvalue weighted by Gasteiger charge is -2.19. The topological polar surface area (TPSA) is 12.5 Å². The molecule has 2 nitrogen and oxygen atoms in total. The van der Waals surface area contributed by atoms with Gasteiger partial charge in [-0.3, -0.25) is 0 Å². The van der Waals surface area contributed by atoms with Crippen LogP contribution in [0.25, 0.3) is 0 Å². The molecule has 0 heterocycles. The molecular formula is C12H17Cl2NO. The van der Waals surface area contributed by atoms with Gasteiger partial charge < -0.3 is 9.64 Å². The number of hydrogen-bond donors (Lipinski definition) is 0. The highest BCUT2D eigenvalue weighted by Gasteiger charge is 2.05. The van der Waals surface area contributed by atoms with Crippen molar-refractivity contribution in [3.63, 3.8) is 0 Å². The van der Waals surface area contributed by atoms with Crippen molar-refractivity contribution in [1.82, 2.24) is 0 Å². The van der Waals surface area contributed by atoms with Crippen molar-refractivity contribution in [2.24, 2.45) is 0 Å². The highest BCUT2D eigenvalue weighted by atomic mass is 35.5. The minimum absolute atomic E-state index is 0.626. The van der Waals surface area contributed by atoms with Crippen molar-refractivity contribution in [1.29, 1.82) is 0 Å². The predicted octanol–water partition coefficient (Wildman–Crippen LogP) is 3.80. The molecular weight excluding hydrogens is 245 g/mol. The summed E-state index contributed by atoms with van der Waals surface area (Å²) < 4.78 is 5.38. The molecule has 4 heteroatoms. The van der Waals surface area contributed by atoms with Gasteiger partial charge >= 0.3 is 0 Å². The van der Waals surface area contributed by atoms with E-state index in [-0.39, 0.29) is 0 Å². The van der Waals surface area contributed by atoms with Gasteiger partial charge in [-0.2, -0.15) is 0 Å². The predicted molar refractivity (Wildman–Crippen MR) is 71.2 cm³/mol. The summed E-state index contributed by atoms with van der Waals surface area (Å²) >= 11 is 11.8. The summed E-state index contributed by atoms with van der Waals surface area (Å²) in [6.07, 6.45) is 0.961. The van der Waals surface area contributed by atoms with Crippen molar-refractivity contribution in [2.75, 3.05) is 31.0 Å². The lowest BCUT2D eigenvalue weighted by molar-refractivity contribution is 0.340. The van der Waals surface area contributed by atoms with Crippen LogP contribution in [0.15, 0.2) is 18.2 Å². The standard InChI is InChI=1S/C12H17Cl2NO/c1-3-16-12-6-5-10(9-11(12)14)15(2)8-4-7-13/h5-6,9H,3-4,7-8H2,1-2H3. The average Bonchev–Trinajstić information content (AvgIpc) is 2.29.